The van der Waals surface area contributed by atoms with Crippen LogP contribution in [0.2, 0.25) is 0 Å². The largest absolute Gasteiger partial charge is 0.392 e. The van der Waals surface area contributed by atoms with E-state index in [1.165, 1.54) is 12.8 Å². The number of ether oxygens (including phenoxy) is 1. The molecule has 0 aromatic heterocycles. The Labute approximate surface area is 98.0 Å². The molecule has 2 unspecified atom stereocenters. The molecular weight excluding hydrogens is 206 g/mol. The van der Waals surface area contributed by atoms with Gasteiger partial charge in [-0.25, -0.2) is 0 Å². The summed E-state index contributed by atoms with van der Waals surface area (Å²) in [6.07, 6.45) is 1.72. The quantitative estimate of drug-likeness (QED) is 0.537. The summed E-state index contributed by atoms with van der Waals surface area (Å²) in [6.45, 7) is 6.13. The number of rotatable bonds is 9. The maximum atomic E-state index is 9.56. The highest BCUT2D eigenvalue weighted by atomic mass is 16.5. The SMILES string of the molecule is CC(C)C(O)CNCC(O)COCC1CC1. The molecule has 0 aliphatic heterocycles. The van der Waals surface area contributed by atoms with Crippen LogP contribution in [0.1, 0.15) is 26.7 Å². The van der Waals surface area contributed by atoms with Crippen LogP contribution in [0.3, 0.4) is 0 Å². The molecule has 3 N–H and O–H groups in total. The average Bonchev–Trinajstić information content (AvgIpc) is 3.01. The van der Waals surface area contributed by atoms with Crippen LogP contribution in [0.25, 0.3) is 0 Å². The van der Waals surface area contributed by atoms with Crippen molar-refractivity contribution in [2.45, 2.75) is 38.9 Å². The van der Waals surface area contributed by atoms with Crippen molar-refractivity contribution in [2.75, 3.05) is 26.3 Å². The molecule has 16 heavy (non-hydrogen) atoms. The van der Waals surface area contributed by atoms with Crippen molar-refractivity contribution < 1.29 is 14.9 Å². The summed E-state index contributed by atoms with van der Waals surface area (Å²) >= 11 is 0. The fourth-order valence-electron chi connectivity index (χ4n) is 1.35. The molecule has 1 aliphatic carbocycles. The third-order valence-corrected chi connectivity index (χ3v) is 2.86. The minimum absolute atomic E-state index is 0.246. The molecule has 0 aromatic rings. The van der Waals surface area contributed by atoms with Gasteiger partial charge in [0.25, 0.3) is 0 Å². The second-order valence-corrected chi connectivity index (χ2v) is 5.10. The lowest BCUT2D eigenvalue weighted by atomic mass is 10.1. The van der Waals surface area contributed by atoms with Crippen LogP contribution in [0.4, 0.5) is 0 Å². The molecule has 1 rings (SSSR count). The topological polar surface area (TPSA) is 61.7 Å². The molecule has 0 aromatic carbocycles. The maximum Gasteiger partial charge on any atom is 0.0897 e. The predicted molar refractivity (Wildman–Crippen MR) is 63.3 cm³/mol. The number of aliphatic hydroxyl groups excluding tert-OH is 2. The zero-order valence-corrected chi connectivity index (χ0v) is 10.4. The first-order chi connectivity index (χ1) is 7.59. The van der Waals surface area contributed by atoms with Gasteiger partial charge in [-0.15, -0.1) is 0 Å². The minimum Gasteiger partial charge on any atom is -0.392 e. The number of hydrogen-bond donors (Lipinski definition) is 3. The normalized spacial score (nSPS) is 20.1. The fourth-order valence-corrected chi connectivity index (χ4v) is 1.35. The van der Waals surface area contributed by atoms with E-state index < -0.39 is 6.10 Å². The average molecular weight is 231 g/mol. The van der Waals surface area contributed by atoms with Gasteiger partial charge in [-0.3, -0.25) is 0 Å². The van der Waals surface area contributed by atoms with Crippen molar-refractivity contribution in [2.24, 2.45) is 11.8 Å². The Kier molecular flexibility index (Phi) is 6.28. The van der Waals surface area contributed by atoms with Crippen LogP contribution in [0.5, 0.6) is 0 Å². The van der Waals surface area contributed by atoms with Gasteiger partial charge in [0, 0.05) is 19.7 Å². The van der Waals surface area contributed by atoms with E-state index in [2.05, 4.69) is 5.32 Å². The summed E-state index contributed by atoms with van der Waals surface area (Å²) in [6, 6.07) is 0. The first-order valence-corrected chi connectivity index (χ1v) is 6.24. The van der Waals surface area contributed by atoms with Crippen LogP contribution < -0.4 is 5.32 Å². The Morgan fingerprint density at radius 1 is 1.25 bits per heavy atom. The van der Waals surface area contributed by atoms with Gasteiger partial charge < -0.3 is 20.3 Å². The van der Waals surface area contributed by atoms with Gasteiger partial charge >= 0.3 is 0 Å². The Bertz CT molecular complexity index is 183. The number of nitrogens with one attached hydrogen (secondary N) is 1. The molecule has 0 radical (unpaired) electrons. The molecule has 0 bridgehead atoms. The van der Waals surface area contributed by atoms with E-state index in [9.17, 15) is 10.2 Å². The summed E-state index contributed by atoms with van der Waals surface area (Å²) in [5.41, 5.74) is 0. The maximum absolute atomic E-state index is 9.56. The summed E-state index contributed by atoms with van der Waals surface area (Å²) in [4.78, 5) is 0. The lowest BCUT2D eigenvalue weighted by Gasteiger charge is -2.17. The number of aliphatic hydroxyl groups is 2. The Balaban J connectivity index is 1.90. The monoisotopic (exact) mass is 231 g/mol. The highest BCUT2D eigenvalue weighted by Gasteiger charge is 2.21. The van der Waals surface area contributed by atoms with Gasteiger partial charge in [0.1, 0.15) is 0 Å². The van der Waals surface area contributed by atoms with E-state index in [4.69, 9.17) is 4.74 Å². The van der Waals surface area contributed by atoms with Crippen molar-refractivity contribution in [3.05, 3.63) is 0 Å². The van der Waals surface area contributed by atoms with E-state index in [1.807, 2.05) is 13.8 Å². The van der Waals surface area contributed by atoms with E-state index in [-0.39, 0.29) is 12.0 Å². The van der Waals surface area contributed by atoms with Crippen LogP contribution in [0, 0.1) is 11.8 Å². The molecule has 0 heterocycles. The van der Waals surface area contributed by atoms with Crippen molar-refractivity contribution in [1.29, 1.82) is 0 Å². The third kappa shape index (κ3) is 6.43. The molecule has 4 heteroatoms. The van der Waals surface area contributed by atoms with E-state index in [1.54, 1.807) is 0 Å². The second-order valence-electron chi connectivity index (χ2n) is 5.10. The molecule has 0 saturated heterocycles. The number of hydrogen-bond acceptors (Lipinski definition) is 4. The molecule has 2 atom stereocenters. The first kappa shape index (κ1) is 13.9. The van der Waals surface area contributed by atoms with Crippen LogP contribution in [-0.4, -0.2) is 48.7 Å². The van der Waals surface area contributed by atoms with Crippen LogP contribution >= 0.6 is 0 Å². The summed E-state index contributed by atoms with van der Waals surface area (Å²) < 4.78 is 5.37. The standard InChI is InChI=1S/C12H25NO3/c1-9(2)12(15)6-13-5-11(14)8-16-7-10-3-4-10/h9-15H,3-8H2,1-2H3. The van der Waals surface area contributed by atoms with E-state index in [0.29, 0.717) is 19.7 Å². The van der Waals surface area contributed by atoms with E-state index >= 15 is 0 Å². The highest BCUT2D eigenvalue weighted by Crippen LogP contribution is 2.28. The van der Waals surface area contributed by atoms with Crippen molar-refractivity contribution >= 4 is 0 Å². The van der Waals surface area contributed by atoms with Gasteiger partial charge in [-0.05, 0) is 24.7 Å². The zero-order valence-electron chi connectivity index (χ0n) is 10.4. The first-order valence-electron chi connectivity index (χ1n) is 6.24. The molecule has 1 fully saturated rings. The molecular formula is C12H25NO3. The summed E-state index contributed by atoms with van der Waals surface area (Å²) in [5, 5.41) is 22.1. The minimum atomic E-state index is -0.474. The Morgan fingerprint density at radius 2 is 1.94 bits per heavy atom. The van der Waals surface area contributed by atoms with E-state index in [0.717, 1.165) is 12.5 Å². The lowest BCUT2D eigenvalue weighted by molar-refractivity contribution is 0.0299. The van der Waals surface area contributed by atoms with Crippen LogP contribution in [0.15, 0.2) is 0 Å². The zero-order chi connectivity index (χ0) is 12.0. The Hall–Kier alpha value is -0.160. The van der Waals surface area contributed by atoms with Gasteiger partial charge in [0.2, 0.25) is 0 Å². The van der Waals surface area contributed by atoms with Crippen LogP contribution in [-0.2, 0) is 4.74 Å². The Morgan fingerprint density at radius 3 is 2.50 bits per heavy atom. The summed E-state index contributed by atoms with van der Waals surface area (Å²) in [7, 11) is 0. The van der Waals surface area contributed by atoms with Gasteiger partial charge in [-0.2, -0.15) is 0 Å². The van der Waals surface area contributed by atoms with Crippen molar-refractivity contribution in [3.8, 4) is 0 Å². The second kappa shape index (κ2) is 7.22. The van der Waals surface area contributed by atoms with Crippen molar-refractivity contribution in [1.82, 2.24) is 5.32 Å². The molecule has 96 valence electrons. The van der Waals surface area contributed by atoms with Gasteiger partial charge in [0.05, 0.1) is 18.8 Å². The predicted octanol–water partition coefficient (Wildman–Crippen LogP) is 0.380. The molecule has 4 nitrogen and oxygen atoms in total. The summed E-state index contributed by atoms with van der Waals surface area (Å²) in [5.74, 6) is 0.985. The fraction of sp³-hybridized carbons (Fsp3) is 1.00. The molecule has 0 amide bonds. The molecule has 1 saturated carbocycles. The van der Waals surface area contributed by atoms with Crippen molar-refractivity contribution in [3.63, 3.8) is 0 Å². The third-order valence-electron chi connectivity index (χ3n) is 2.86. The molecule has 1 aliphatic rings. The van der Waals surface area contributed by atoms with Gasteiger partial charge in [0.15, 0.2) is 0 Å². The molecule has 0 spiro atoms. The highest BCUT2D eigenvalue weighted by molar-refractivity contribution is 4.72. The lowest BCUT2D eigenvalue weighted by Crippen LogP contribution is -2.37. The van der Waals surface area contributed by atoms with Gasteiger partial charge in [-0.1, -0.05) is 13.8 Å². The smallest absolute Gasteiger partial charge is 0.0897 e.